The normalized spacial score (nSPS) is 13.4. The van der Waals surface area contributed by atoms with E-state index in [9.17, 15) is 19.1 Å². The highest BCUT2D eigenvalue weighted by atomic mass is 19.1. The van der Waals surface area contributed by atoms with Gasteiger partial charge in [-0.3, -0.25) is 9.59 Å². The lowest BCUT2D eigenvalue weighted by atomic mass is 10.1. The quantitative estimate of drug-likeness (QED) is 0.617. The molecule has 7 heteroatoms. The first-order valence-electron chi connectivity index (χ1n) is 9.39. The van der Waals surface area contributed by atoms with Crippen LogP contribution < -0.4 is 0 Å². The van der Waals surface area contributed by atoms with Gasteiger partial charge in [0.1, 0.15) is 17.1 Å². The summed E-state index contributed by atoms with van der Waals surface area (Å²) in [6, 6.07) is 11.0. The molecule has 0 unspecified atom stereocenters. The predicted molar refractivity (Wildman–Crippen MR) is 103 cm³/mol. The van der Waals surface area contributed by atoms with Crippen LogP contribution in [0.4, 0.5) is 4.39 Å². The van der Waals surface area contributed by atoms with Crippen LogP contribution in [-0.2, 0) is 27.3 Å². The van der Waals surface area contributed by atoms with Crippen molar-refractivity contribution in [1.82, 2.24) is 4.90 Å². The molecule has 0 radical (unpaired) electrons. The van der Waals surface area contributed by atoms with Crippen LogP contribution in [0.15, 0.2) is 53.1 Å². The number of nitrogens with zero attached hydrogens (tertiary/aromatic N) is 1. The van der Waals surface area contributed by atoms with Crippen LogP contribution in [0.3, 0.4) is 0 Å². The Morgan fingerprint density at radius 2 is 1.97 bits per heavy atom. The summed E-state index contributed by atoms with van der Waals surface area (Å²) in [5.74, 6) is -1.19. The Bertz CT molecular complexity index is 1060. The fraction of sp³-hybridized carbons (Fsp3) is 0.273. The van der Waals surface area contributed by atoms with Gasteiger partial charge in [-0.25, -0.2) is 4.39 Å². The molecule has 1 heterocycles. The molecule has 2 aromatic carbocycles. The summed E-state index contributed by atoms with van der Waals surface area (Å²) in [4.78, 5) is 26.4. The maximum Gasteiger partial charge on any atom is 0.310 e. The molecular formula is C22H20FNO5. The van der Waals surface area contributed by atoms with E-state index in [1.165, 1.54) is 24.5 Å². The van der Waals surface area contributed by atoms with Gasteiger partial charge in [0.2, 0.25) is 0 Å². The molecular weight excluding hydrogens is 377 g/mol. The van der Waals surface area contributed by atoms with Crippen molar-refractivity contribution in [2.75, 3.05) is 6.61 Å². The average molecular weight is 397 g/mol. The van der Waals surface area contributed by atoms with Crippen molar-refractivity contribution in [2.24, 2.45) is 0 Å². The average Bonchev–Trinajstić information content (AvgIpc) is 3.47. The molecule has 0 aliphatic heterocycles. The Hall–Kier alpha value is -3.35. The number of ether oxygens (including phenoxy) is 1. The second-order valence-corrected chi connectivity index (χ2v) is 7.12. The van der Waals surface area contributed by atoms with E-state index in [0.717, 1.165) is 12.8 Å². The number of halogens is 1. The summed E-state index contributed by atoms with van der Waals surface area (Å²) >= 11 is 0. The topological polar surface area (TPSA) is 80.0 Å². The number of rotatable bonds is 7. The summed E-state index contributed by atoms with van der Waals surface area (Å²) in [6.45, 7) is -0.232. The molecule has 0 bridgehead atoms. The lowest BCUT2D eigenvalue weighted by Crippen LogP contribution is -2.36. The zero-order valence-electron chi connectivity index (χ0n) is 15.6. The van der Waals surface area contributed by atoms with Crippen LogP contribution in [0.25, 0.3) is 11.0 Å². The summed E-state index contributed by atoms with van der Waals surface area (Å²) in [5.41, 5.74) is 1.52. The van der Waals surface area contributed by atoms with Crippen molar-refractivity contribution in [3.8, 4) is 5.75 Å². The Morgan fingerprint density at radius 1 is 1.17 bits per heavy atom. The summed E-state index contributed by atoms with van der Waals surface area (Å²) in [6.07, 6.45) is 3.10. The Kier molecular flexibility index (Phi) is 5.20. The van der Waals surface area contributed by atoms with Crippen LogP contribution in [0.5, 0.6) is 5.75 Å². The molecule has 6 nitrogen and oxygen atoms in total. The molecule has 1 aliphatic carbocycles. The second-order valence-electron chi connectivity index (χ2n) is 7.12. The van der Waals surface area contributed by atoms with Crippen molar-refractivity contribution < 1.29 is 28.2 Å². The number of hydrogen-bond acceptors (Lipinski definition) is 5. The lowest BCUT2D eigenvalue weighted by Gasteiger charge is -2.22. The van der Waals surface area contributed by atoms with Gasteiger partial charge in [-0.15, -0.1) is 0 Å². The summed E-state index contributed by atoms with van der Waals surface area (Å²) < 4.78 is 24.4. The van der Waals surface area contributed by atoms with E-state index in [-0.39, 0.29) is 43.1 Å². The molecule has 1 aliphatic rings. The van der Waals surface area contributed by atoms with Gasteiger partial charge in [-0.2, -0.15) is 0 Å². The number of fused-ring (bicyclic) bond motifs is 1. The van der Waals surface area contributed by atoms with Gasteiger partial charge >= 0.3 is 5.97 Å². The number of hydrogen-bond donors (Lipinski definition) is 1. The second kappa shape index (κ2) is 7.95. The van der Waals surface area contributed by atoms with E-state index >= 15 is 0 Å². The molecule has 1 saturated carbocycles. The van der Waals surface area contributed by atoms with Gasteiger partial charge in [-0.1, -0.05) is 18.2 Å². The Labute approximate surface area is 166 Å². The first-order chi connectivity index (χ1) is 14.0. The number of benzene rings is 2. The van der Waals surface area contributed by atoms with Crippen LogP contribution >= 0.6 is 0 Å². The molecule has 1 amide bonds. The minimum absolute atomic E-state index is 0.0538. The first-order valence-corrected chi connectivity index (χ1v) is 9.39. The van der Waals surface area contributed by atoms with Gasteiger partial charge in [-0.05, 0) is 31.0 Å². The fourth-order valence-corrected chi connectivity index (χ4v) is 3.26. The molecule has 0 atom stereocenters. The smallest absolute Gasteiger partial charge is 0.310 e. The molecule has 4 rings (SSSR count). The van der Waals surface area contributed by atoms with Gasteiger partial charge in [0, 0.05) is 35.2 Å². The van der Waals surface area contributed by atoms with Crippen LogP contribution in [0, 0.1) is 5.82 Å². The number of carbonyl (C=O) groups excluding carboxylic acids is 2. The standard InChI is InChI=1S/C22H20FNO5/c23-19-4-2-1-3-14(19)11-24(16-5-6-16)21(26)13-29-22(27)9-15-12-28-20-10-17(25)7-8-18(15)20/h1-4,7-8,10,12,16,25H,5-6,9,11,13H2. The number of phenols is 1. The molecule has 1 aromatic heterocycles. The number of furan rings is 1. The van der Waals surface area contributed by atoms with E-state index in [0.29, 0.717) is 22.1 Å². The van der Waals surface area contributed by atoms with Crippen molar-refractivity contribution in [3.05, 3.63) is 65.7 Å². The van der Waals surface area contributed by atoms with E-state index < -0.39 is 5.97 Å². The molecule has 150 valence electrons. The first kappa shape index (κ1) is 19.0. The highest BCUT2D eigenvalue weighted by Crippen LogP contribution is 2.29. The molecule has 3 aromatic rings. The fourth-order valence-electron chi connectivity index (χ4n) is 3.26. The number of aromatic hydroxyl groups is 1. The highest BCUT2D eigenvalue weighted by molar-refractivity contribution is 5.87. The third kappa shape index (κ3) is 4.39. The van der Waals surface area contributed by atoms with Gasteiger partial charge < -0.3 is 19.2 Å². The monoisotopic (exact) mass is 397 g/mol. The van der Waals surface area contributed by atoms with E-state index in [1.807, 2.05) is 0 Å². The van der Waals surface area contributed by atoms with Crippen LogP contribution in [-0.4, -0.2) is 34.5 Å². The number of carbonyl (C=O) groups is 2. The van der Waals surface area contributed by atoms with E-state index in [2.05, 4.69) is 0 Å². The number of phenolic OH excluding ortho intramolecular Hbond substituents is 1. The summed E-state index contributed by atoms with van der Waals surface area (Å²) in [7, 11) is 0. The van der Waals surface area contributed by atoms with E-state index in [4.69, 9.17) is 9.15 Å². The molecule has 29 heavy (non-hydrogen) atoms. The molecule has 0 spiro atoms. The van der Waals surface area contributed by atoms with Gasteiger partial charge in [0.05, 0.1) is 12.7 Å². The lowest BCUT2D eigenvalue weighted by molar-refractivity contribution is -0.152. The van der Waals surface area contributed by atoms with Crippen molar-refractivity contribution in [2.45, 2.75) is 31.8 Å². The molecule has 1 fully saturated rings. The molecule has 1 N–H and O–H groups in total. The third-order valence-corrected chi connectivity index (χ3v) is 4.94. The minimum Gasteiger partial charge on any atom is -0.508 e. The van der Waals surface area contributed by atoms with Gasteiger partial charge in [0.15, 0.2) is 6.61 Å². The number of esters is 1. The predicted octanol–water partition coefficient (Wildman–Crippen LogP) is 3.55. The Morgan fingerprint density at radius 3 is 2.72 bits per heavy atom. The molecule has 0 saturated heterocycles. The Balaban J connectivity index is 1.36. The maximum absolute atomic E-state index is 13.9. The SMILES string of the molecule is O=C(Cc1coc2cc(O)ccc12)OCC(=O)N(Cc1ccccc1F)C1CC1. The van der Waals surface area contributed by atoms with Crippen LogP contribution in [0.2, 0.25) is 0 Å². The zero-order valence-corrected chi connectivity index (χ0v) is 15.6. The summed E-state index contributed by atoms with van der Waals surface area (Å²) in [5, 5.41) is 10.2. The van der Waals surface area contributed by atoms with Crippen molar-refractivity contribution in [3.63, 3.8) is 0 Å². The van der Waals surface area contributed by atoms with Crippen molar-refractivity contribution >= 4 is 22.8 Å². The van der Waals surface area contributed by atoms with Gasteiger partial charge in [0.25, 0.3) is 5.91 Å². The minimum atomic E-state index is -0.559. The zero-order chi connectivity index (χ0) is 20.4. The third-order valence-electron chi connectivity index (χ3n) is 4.94. The van der Waals surface area contributed by atoms with Crippen LogP contribution in [0.1, 0.15) is 24.0 Å². The maximum atomic E-state index is 13.9. The van der Waals surface area contributed by atoms with E-state index in [1.54, 1.807) is 29.2 Å². The highest BCUT2D eigenvalue weighted by Gasteiger charge is 2.33. The number of amides is 1. The van der Waals surface area contributed by atoms with Crippen molar-refractivity contribution in [1.29, 1.82) is 0 Å². The largest absolute Gasteiger partial charge is 0.508 e.